The van der Waals surface area contributed by atoms with Gasteiger partial charge in [0.05, 0.1) is 12.1 Å². The maximum absolute atomic E-state index is 5.33. The van der Waals surface area contributed by atoms with E-state index in [9.17, 15) is 0 Å². The van der Waals surface area contributed by atoms with E-state index in [0.29, 0.717) is 11.3 Å². The number of H-pyrrole nitrogens is 1. The molecule has 1 N–H and O–H groups in total. The topological polar surface area (TPSA) is 51.4 Å². The Bertz CT molecular complexity index is 769. The molecule has 92 valence electrons. The quantitative estimate of drug-likeness (QED) is 0.737. The van der Waals surface area contributed by atoms with Crippen LogP contribution >= 0.6 is 28.1 Å². The largest absolute Gasteiger partial charge is 0.337 e. The fraction of sp³-hybridized carbons (Fsp3) is 0.182. The van der Waals surface area contributed by atoms with Crippen molar-refractivity contribution < 1.29 is 0 Å². The highest BCUT2D eigenvalue weighted by Gasteiger charge is 2.08. The molecule has 18 heavy (non-hydrogen) atoms. The van der Waals surface area contributed by atoms with Crippen LogP contribution in [0.4, 0.5) is 0 Å². The Morgan fingerprint density at radius 1 is 1.44 bits per heavy atom. The highest BCUT2D eigenvalue weighted by Crippen LogP contribution is 2.17. The molecule has 0 saturated heterocycles. The number of hydrogen-bond acceptors (Lipinski definition) is 3. The Labute approximate surface area is 117 Å². The van der Waals surface area contributed by atoms with E-state index in [1.54, 1.807) is 12.4 Å². The van der Waals surface area contributed by atoms with Gasteiger partial charge in [-0.1, -0.05) is 0 Å². The smallest absolute Gasteiger partial charge is 0.179 e. The third kappa shape index (κ3) is 1.89. The van der Waals surface area contributed by atoms with E-state index in [2.05, 4.69) is 30.9 Å². The Balaban J connectivity index is 2.15. The molecule has 0 fully saturated rings. The van der Waals surface area contributed by atoms with Gasteiger partial charge in [-0.15, -0.1) is 0 Å². The van der Waals surface area contributed by atoms with Crippen LogP contribution in [-0.2, 0) is 13.6 Å². The number of aryl methyl sites for hydroxylation is 1. The molecule has 3 heterocycles. The maximum Gasteiger partial charge on any atom is 0.179 e. The van der Waals surface area contributed by atoms with E-state index < -0.39 is 0 Å². The molecule has 0 aliphatic carbocycles. The van der Waals surface area contributed by atoms with Crippen LogP contribution in [0.2, 0.25) is 0 Å². The molecular formula is C11H10BrN5S. The molecule has 0 aliphatic rings. The lowest BCUT2D eigenvalue weighted by atomic mass is 10.4. The van der Waals surface area contributed by atoms with Crippen LogP contribution in [0.25, 0.3) is 11.2 Å². The Hall–Kier alpha value is -1.47. The van der Waals surface area contributed by atoms with Crippen molar-refractivity contribution in [2.45, 2.75) is 6.54 Å². The van der Waals surface area contributed by atoms with Crippen LogP contribution in [0.1, 0.15) is 5.82 Å². The molecule has 7 heteroatoms. The summed E-state index contributed by atoms with van der Waals surface area (Å²) < 4.78 is 5.49. The van der Waals surface area contributed by atoms with Gasteiger partial charge in [0.25, 0.3) is 0 Å². The summed E-state index contributed by atoms with van der Waals surface area (Å²) in [6.07, 6.45) is 5.45. The van der Waals surface area contributed by atoms with Crippen molar-refractivity contribution in [2.75, 3.05) is 0 Å². The number of imidazole rings is 2. The van der Waals surface area contributed by atoms with Gasteiger partial charge >= 0.3 is 0 Å². The van der Waals surface area contributed by atoms with Gasteiger partial charge in [-0.3, -0.25) is 4.57 Å². The number of aromatic nitrogens is 5. The first-order valence-electron chi connectivity index (χ1n) is 5.35. The van der Waals surface area contributed by atoms with Crippen molar-refractivity contribution in [2.24, 2.45) is 7.05 Å². The number of hydrogen-bond donors (Lipinski definition) is 1. The Kier molecular flexibility index (Phi) is 2.79. The normalized spacial score (nSPS) is 11.2. The molecule has 0 radical (unpaired) electrons. The van der Waals surface area contributed by atoms with Crippen LogP contribution in [-0.4, -0.2) is 24.1 Å². The number of pyridine rings is 1. The van der Waals surface area contributed by atoms with Crippen LogP contribution in [0.5, 0.6) is 0 Å². The van der Waals surface area contributed by atoms with Crippen LogP contribution in [0, 0.1) is 4.77 Å². The molecule has 0 aliphatic heterocycles. The van der Waals surface area contributed by atoms with E-state index in [-0.39, 0.29) is 0 Å². The van der Waals surface area contributed by atoms with E-state index in [0.717, 1.165) is 21.5 Å². The third-order valence-electron chi connectivity index (χ3n) is 2.80. The Morgan fingerprint density at radius 2 is 2.28 bits per heavy atom. The van der Waals surface area contributed by atoms with Crippen molar-refractivity contribution in [3.63, 3.8) is 0 Å². The molecule has 0 aromatic carbocycles. The van der Waals surface area contributed by atoms with Crippen molar-refractivity contribution in [1.82, 2.24) is 24.1 Å². The first kappa shape index (κ1) is 11.6. The number of fused-ring (bicyclic) bond motifs is 1. The van der Waals surface area contributed by atoms with Crippen molar-refractivity contribution in [3.8, 4) is 0 Å². The summed E-state index contributed by atoms with van der Waals surface area (Å²) in [4.78, 5) is 11.8. The van der Waals surface area contributed by atoms with Gasteiger partial charge in [-0.05, 0) is 34.2 Å². The minimum absolute atomic E-state index is 0.608. The number of halogens is 1. The number of nitrogens with zero attached hydrogens (tertiary/aromatic N) is 4. The fourth-order valence-corrected chi connectivity index (χ4v) is 2.45. The summed E-state index contributed by atoms with van der Waals surface area (Å²) in [5, 5.41) is 0. The Morgan fingerprint density at radius 3 is 3.00 bits per heavy atom. The second-order valence-electron chi connectivity index (χ2n) is 4.00. The first-order valence-corrected chi connectivity index (χ1v) is 6.55. The zero-order valence-corrected chi connectivity index (χ0v) is 12.0. The molecule has 0 saturated carbocycles. The van der Waals surface area contributed by atoms with Gasteiger partial charge in [0.2, 0.25) is 0 Å². The van der Waals surface area contributed by atoms with Crippen LogP contribution < -0.4 is 0 Å². The second kappa shape index (κ2) is 4.33. The van der Waals surface area contributed by atoms with Crippen molar-refractivity contribution >= 4 is 39.3 Å². The zero-order chi connectivity index (χ0) is 12.7. The lowest BCUT2D eigenvalue weighted by molar-refractivity contribution is 0.702. The van der Waals surface area contributed by atoms with E-state index in [1.807, 2.05) is 28.4 Å². The first-order chi connectivity index (χ1) is 8.65. The van der Waals surface area contributed by atoms with Crippen LogP contribution in [0.15, 0.2) is 29.1 Å². The van der Waals surface area contributed by atoms with E-state index >= 15 is 0 Å². The molecule has 3 aromatic rings. The monoisotopic (exact) mass is 323 g/mol. The van der Waals surface area contributed by atoms with E-state index in [4.69, 9.17) is 12.2 Å². The summed E-state index contributed by atoms with van der Waals surface area (Å²) in [6, 6.07) is 1.97. The molecule has 0 unspecified atom stereocenters. The zero-order valence-electron chi connectivity index (χ0n) is 9.59. The lowest BCUT2D eigenvalue weighted by Crippen LogP contribution is -2.06. The molecule has 0 bridgehead atoms. The minimum Gasteiger partial charge on any atom is -0.337 e. The predicted molar refractivity (Wildman–Crippen MR) is 74.9 cm³/mol. The molecular weight excluding hydrogens is 314 g/mol. The number of aromatic amines is 1. The third-order valence-corrected chi connectivity index (χ3v) is 3.55. The molecule has 0 amide bonds. The second-order valence-corrected chi connectivity index (χ2v) is 5.30. The molecule has 3 aromatic heterocycles. The molecule has 0 spiro atoms. The average Bonchev–Trinajstić information content (AvgIpc) is 2.85. The number of rotatable bonds is 2. The maximum atomic E-state index is 5.33. The SMILES string of the molecule is Cn1ccnc1Cn1c(=S)[nH]c2cc(Br)cnc21. The van der Waals surface area contributed by atoms with E-state index in [1.165, 1.54) is 0 Å². The van der Waals surface area contributed by atoms with Gasteiger partial charge in [0.15, 0.2) is 10.4 Å². The molecule has 3 rings (SSSR count). The highest BCUT2D eigenvalue weighted by molar-refractivity contribution is 9.10. The predicted octanol–water partition coefficient (Wildman–Crippen LogP) is 2.64. The summed E-state index contributed by atoms with van der Waals surface area (Å²) in [7, 11) is 1.96. The van der Waals surface area contributed by atoms with Gasteiger partial charge in [0.1, 0.15) is 5.82 Å². The van der Waals surface area contributed by atoms with Gasteiger partial charge in [-0.25, -0.2) is 9.97 Å². The number of nitrogens with one attached hydrogen (secondary N) is 1. The average molecular weight is 324 g/mol. The summed E-state index contributed by atoms with van der Waals surface area (Å²) >= 11 is 8.72. The molecule has 0 atom stereocenters. The van der Waals surface area contributed by atoms with Gasteiger partial charge in [0, 0.05) is 30.1 Å². The summed E-state index contributed by atoms with van der Waals surface area (Å²) in [5.41, 5.74) is 1.76. The van der Waals surface area contributed by atoms with Gasteiger partial charge < -0.3 is 9.55 Å². The minimum atomic E-state index is 0.608. The van der Waals surface area contributed by atoms with Crippen molar-refractivity contribution in [1.29, 1.82) is 0 Å². The van der Waals surface area contributed by atoms with Gasteiger partial charge in [-0.2, -0.15) is 0 Å². The highest BCUT2D eigenvalue weighted by atomic mass is 79.9. The van der Waals surface area contributed by atoms with Crippen molar-refractivity contribution in [3.05, 3.63) is 39.7 Å². The molecule has 5 nitrogen and oxygen atoms in total. The standard InChI is InChI=1S/C11H10BrN5S/c1-16-3-2-13-9(16)6-17-10-8(15-11(17)18)4-7(12)5-14-10/h2-5H,6H2,1H3,(H,15,18). The fourth-order valence-electron chi connectivity index (χ4n) is 1.85. The summed E-state index contributed by atoms with van der Waals surface area (Å²) in [6.45, 7) is 0.608. The lowest BCUT2D eigenvalue weighted by Gasteiger charge is -2.04. The summed E-state index contributed by atoms with van der Waals surface area (Å²) in [5.74, 6) is 0.941. The van der Waals surface area contributed by atoms with Crippen LogP contribution in [0.3, 0.4) is 0 Å².